The Morgan fingerprint density at radius 1 is 1.10 bits per heavy atom. The predicted octanol–water partition coefficient (Wildman–Crippen LogP) is -0.921. The molecule has 8 heteroatoms. The molecular weight excluding hydrogens is 280 g/mol. The summed E-state index contributed by atoms with van der Waals surface area (Å²) >= 11 is 0. The molecule has 2 aliphatic rings. The summed E-state index contributed by atoms with van der Waals surface area (Å²) in [4.78, 5) is 13.8. The molecule has 20 heavy (non-hydrogen) atoms. The van der Waals surface area contributed by atoms with Crippen LogP contribution in [0, 0.1) is 0 Å². The van der Waals surface area contributed by atoms with Crippen molar-refractivity contribution in [2.75, 3.05) is 46.3 Å². The lowest BCUT2D eigenvalue weighted by molar-refractivity contribution is -0.142. The quantitative estimate of drug-likeness (QED) is 0.716. The number of amides is 1. The van der Waals surface area contributed by atoms with E-state index in [1.807, 2.05) is 0 Å². The van der Waals surface area contributed by atoms with E-state index in [0.717, 1.165) is 13.0 Å². The molecular formula is C12H24N4O3S. The first kappa shape index (κ1) is 15.7. The van der Waals surface area contributed by atoms with E-state index < -0.39 is 15.7 Å². The van der Waals surface area contributed by atoms with Gasteiger partial charge in [-0.1, -0.05) is 0 Å². The molecule has 0 radical (unpaired) electrons. The molecule has 0 atom stereocenters. The lowest BCUT2D eigenvalue weighted by Crippen LogP contribution is -2.65. The van der Waals surface area contributed by atoms with Gasteiger partial charge in [0.1, 0.15) is 5.54 Å². The molecule has 0 bridgehead atoms. The summed E-state index contributed by atoms with van der Waals surface area (Å²) in [5.41, 5.74) is -1.02. The normalized spacial score (nSPS) is 26.6. The second-order valence-electron chi connectivity index (χ2n) is 5.87. The minimum atomic E-state index is -3.59. The lowest BCUT2D eigenvalue weighted by Gasteiger charge is -2.45. The zero-order valence-corrected chi connectivity index (χ0v) is 13.2. The van der Waals surface area contributed by atoms with Crippen molar-refractivity contribution >= 4 is 16.1 Å². The fourth-order valence-electron chi connectivity index (χ4n) is 2.79. The molecule has 1 N–H and O–H groups in total. The average molecular weight is 304 g/mol. The van der Waals surface area contributed by atoms with Gasteiger partial charge in [0.2, 0.25) is 5.91 Å². The third-order valence-electron chi connectivity index (χ3n) is 4.04. The number of hydrogen-bond acceptors (Lipinski definition) is 4. The maximum absolute atomic E-state index is 12.8. The molecule has 0 aromatic carbocycles. The third-order valence-corrected chi connectivity index (χ3v) is 6.25. The van der Waals surface area contributed by atoms with Crippen LogP contribution in [0.25, 0.3) is 0 Å². The molecule has 116 valence electrons. The third kappa shape index (κ3) is 2.69. The van der Waals surface area contributed by atoms with E-state index >= 15 is 0 Å². The molecule has 2 saturated heterocycles. The van der Waals surface area contributed by atoms with Gasteiger partial charge in [0.25, 0.3) is 10.2 Å². The predicted molar refractivity (Wildman–Crippen MR) is 76.4 cm³/mol. The Labute approximate surface area is 121 Å². The van der Waals surface area contributed by atoms with Crippen molar-refractivity contribution in [1.82, 2.24) is 18.8 Å². The van der Waals surface area contributed by atoms with Crippen LogP contribution in [-0.2, 0) is 15.0 Å². The van der Waals surface area contributed by atoms with E-state index in [0.29, 0.717) is 32.7 Å². The number of carbonyl (C=O) groups excluding carboxylic acids is 1. The summed E-state index contributed by atoms with van der Waals surface area (Å²) in [7, 11) is -1.88. The van der Waals surface area contributed by atoms with E-state index in [1.165, 1.54) is 8.61 Å². The Hall–Kier alpha value is -0.700. The number of rotatable bonds is 2. The number of carbonyl (C=O) groups is 1. The number of likely N-dealkylation sites (N-methyl/N-ethyl adjacent to an activating group) is 1. The van der Waals surface area contributed by atoms with Crippen LogP contribution in [-0.4, -0.2) is 79.7 Å². The highest BCUT2D eigenvalue weighted by Gasteiger charge is 2.48. The minimum absolute atomic E-state index is 0.153. The van der Waals surface area contributed by atoms with Crippen LogP contribution in [0.15, 0.2) is 0 Å². The van der Waals surface area contributed by atoms with E-state index in [-0.39, 0.29) is 5.91 Å². The highest BCUT2D eigenvalue weighted by molar-refractivity contribution is 7.86. The smallest absolute Gasteiger partial charge is 0.283 e. The summed E-state index contributed by atoms with van der Waals surface area (Å²) in [5, 5.41) is 3.19. The topological polar surface area (TPSA) is 73.0 Å². The number of nitrogens with zero attached hydrogens (tertiary/aromatic N) is 3. The maximum atomic E-state index is 12.8. The van der Waals surface area contributed by atoms with Gasteiger partial charge in [0.05, 0.1) is 0 Å². The van der Waals surface area contributed by atoms with Crippen molar-refractivity contribution in [3.8, 4) is 0 Å². The van der Waals surface area contributed by atoms with Crippen LogP contribution >= 0.6 is 0 Å². The van der Waals surface area contributed by atoms with Gasteiger partial charge in [-0.15, -0.1) is 0 Å². The first-order valence-electron chi connectivity index (χ1n) is 7.02. The van der Waals surface area contributed by atoms with Crippen molar-refractivity contribution < 1.29 is 13.2 Å². The van der Waals surface area contributed by atoms with E-state index in [9.17, 15) is 13.2 Å². The Bertz CT molecular complexity index is 469. The Balaban J connectivity index is 2.26. The molecule has 2 rings (SSSR count). The molecule has 7 nitrogen and oxygen atoms in total. The van der Waals surface area contributed by atoms with Gasteiger partial charge in [0.15, 0.2) is 0 Å². The number of hydrogen-bond donors (Lipinski definition) is 1. The summed E-state index contributed by atoms with van der Waals surface area (Å²) in [6, 6.07) is 0. The van der Waals surface area contributed by atoms with Crippen molar-refractivity contribution in [3.63, 3.8) is 0 Å². The first-order chi connectivity index (χ1) is 9.28. The molecule has 0 saturated carbocycles. The molecule has 0 unspecified atom stereocenters. The Kier molecular flexibility index (Phi) is 4.38. The van der Waals surface area contributed by atoms with E-state index in [4.69, 9.17) is 0 Å². The molecule has 2 fully saturated rings. The second kappa shape index (κ2) is 5.59. The van der Waals surface area contributed by atoms with Gasteiger partial charge in [-0.05, 0) is 26.8 Å². The lowest BCUT2D eigenvalue weighted by atomic mass is 10.0. The zero-order chi connectivity index (χ0) is 15.0. The minimum Gasteiger partial charge on any atom is -0.343 e. The van der Waals surface area contributed by atoms with Gasteiger partial charge >= 0.3 is 0 Å². The van der Waals surface area contributed by atoms with Crippen LogP contribution in [0.4, 0.5) is 0 Å². The molecule has 2 aliphatic heterocycles. The summed E-state index contributed by atoms with van der Waals surface area (Å²) in [6.45, 7) is 6.59. The van der Waals surface area contributed by atoms with Crippen LogP contribution in [0.1, 0.15) is 20.3 Å². The molecule has 2 heterocycles. The first-order valence-corrected chi connectivity index (χ1v) is 8.42. The van der Waals surface area contributed by atoms with Gasteiger partial charge in [-0.3, -0.25) is 4.79 Å². The monoisotopic (exact) mass is 304 g/mol. The SMILES string of the molecule is CN1CCN(S(=O)(=O)N2CCCNCC2)C(C)(C)C1=O. The van der Waals surface area contributed by atoms with Crippen LogP contribution in [0.2, 0.25) is 0 Å². The highest BCUT2D eigenvalue weighted by Crippen LogP contribution is 2.27. The molecule has 0 aliphatic carbocycles. The maximum Gasteiger partial charge on any atom is 0.283 e. The fraction of sp³-hybridized carbons (Fsp3) is 0.917. The Morgan fingerprint density at radius 3 is 2.50 bits per heavy atom. The van der Waals surface area contributed by atoms with Gasteiger partial charge in [-0.2, -0.15) is 17.0 Å². The summed E-state index contributed by atoms with van der Waals surface area (Å²) < 4.78 is 28.5. The van der Waals surface area contributed by atoms with Gasteiger partial charge in [0, 0.05) is 39.8 Å². The van der Waals surface area contributed by atoms with Crippen molar-refractivity contribution in [2.24, 2.45) is 0 Å². The van der Waals surface area contributed by atoms with E-state index in [1.54, 1.807) is 25.8 Å². The van der Waals surface area contributed by atoms with Gasteiger partial charge in [-0.25, -0.2) is 0 Å². The van der Waals surface area contributed by atoms with Crippen LogP contribution in [0.5, 0.6) is 0 Å². The standard InChI is InChI=1S/C12H24N4O3S/c1-12(2)11(17)14(3)9-10-16(12)20(18,19)15-7-4-5-13-6-8-15/h13H,4-10H2,1-3H3. The van der Waals surface area contributed by atoms with Crippen molar-refractivity contribution in [2.45, 2.75) is 25.8 Å². The second-order valence-corrected chi connectivity index (χ2v) is 7.72. The van der Waals surface area contributed by atoms with E-state index in [2.05, 4.69) is 5.32 Å². The van der Waals surface area contributed by atoms with Crippen molar-refractivity contribution in [1.29, 1.82) is 0 Å². The highest BCUT2D eigenvalue weighted by atomic mass is 32.2. The zero-order valence-electron chi connectivity index (χ0n) is 12.4. The number of nitrogens with one attached hydrogen (secondary N) is 1. The average Bonchev–Trinajstić information content (AvgIpc) is 2.65. The Morgan fingerprint density at radius 2 is 1.80 bits per heavy atom. The molecule has 0 aromatic rings. The summed E-state index contributed by atoms with van der Waals surface area (Å²) in [6.07, 6.45) is 0.793. The largest absolute Gasteiger partial charge is 0.343 e. The molecule has 0 aromatic heterocycles. The van der Waals surface area contributed by atoms with Gasteiger partial charge < -0.3 is 10.2 Å². The van der Waals surface area contributed by atoms with Crippen LogP contribution in [0.3, 0.4) is 0 Å². The summed E-state index contributed by atoms with van der Waals surface area (Å²) in [5.74, 6) is -0.153. The number of piperazine rings is 1. The fourth-order valence-corrected chi connectivity index (χ4v) is 4.72. The molecule has 1 amide bonds. The van der Waals surface area contributed by atoms with Crippen molar-refractivity contribution in [3.05, 3.63) is 0 Å². The molecule has 0 spiro atoms. The van der Waals surface area contributed by atoms with Crippen LogP contribution < -0.4 is 5.32 Å².